The van der Waals surface area contributed by atoms with E-state index in [1.807, 2.05) is 24.3 Å². The number of aromatic nitrogens is 2. The molecule has 1 saturated heterocycles. The van der Waals surface area contributed by atoms with Gasteiger partial charge in [0.1, 0.15) is 5.82 Å². The summed E-state index contributed by atoms with van der Waals surface area (Å²) in [5.74, 6) is 0.345. The fourth-order valence-corrected chi connectivity index (χ4v) is 3.40. The Kier molecular flexibility index (Phi) is 4.62. The Morgan fingerprint density at radius 2 is 1.79 bits per heavy atom. The van der Waals surface area contributed by atoms with Crippen LogP contribution in [-0.4, -0.2) is 33.4 Å². The van der Waals surface area contributed by atoms with Gasteiger partial charge >= 0.3 is 6.18 Å². The highest BCUT2D eigenvalue weighted by Crippen LogP contribution is 2.33. The quantitative estimate of drug-likeness (QED) is 0.740. The standard InChI is InChI=1S/C20H17F3N4O/c21-20(22,23)15-6-2-1-5-13(15)11-27-12-14(9-19(27)28)25-18-10-24-16-7-3-4-8-17(16)26-18/h1-8,10,14H,9,11-12H2,(H,25,26)/t14-/m0/s1. The van der Waals surface area contributed by atoms with Crippen LogP contribution in [0.2, 0.25) is 0 Å². The van der Waals surface area contributed by atoms with Crippen molar-refractivity contribution in [1.82, 2.24) is 14.9 Å². The highest BCUT2D eigenvalue weighted by molar-refractivity contribution is 5.80. The van der Waals surface area contributed by atoms with Crippen molar-refractivity contribution in [3.8, 4) is 0 Å². The molecule has 144 valence electrons. The molecule has 2 aromatic carbocycles. The number of hydrogen-bond acceptors (Lipinski definition) is 4. The lowest BCUT2D eigenvalue weighted by Crippen LogP contribution is -2.28. The number of nitrogens with zero attached hydrogens (tertiary/aromatic N) is 3. The highest BCUT2D eigenvalue weighted by Gasteiger charge is 2.35. The van der Waals surface area contributed by atoms with Crippen LogP contribution in [0.15, 0.2) is 54.7 Å². The molecule has 0 aliphatic carbocycles. The van der Waals surface area contributed by atoms with Gasteiger partial charge in [-0.05, 0) is 23.8 Å². The smallest absolute Gasteiger partial charge is 0.364 e. The van der Waals surface area contributed by atoms with Gasteiger partial charge in [0.2, 0.25) is 5.91 Å². The molecule has 4 rings (SSSR count). The van der Waals surface area contributed by atoms with E-state index in [0.717, 1.165) is 17.1 Å². The zero-order chi connectivity index (χ0) is 19.7. The largest absolute Gasteiger partial charge is 0.416 e. The first-order valence-electron chi connectivity index (χ1n) is 8.81. The van der Waals surface area contributed by atoms with Gasteiger partial charge in [-0.25, -0.2) is 4.98 Å². The van der Waals surface area contributed by atoms with E-state index in [1.54, 1.807) is 12.3 Å². The Bertz CT molecular complexity index is 1020. The van der Waals surface area contributed by atoms with Crippen LogP contribution in [-0.2, 0) is 17.5 Å². The van der Waals surface area contributed by atoms with Crippen molar-refractivity contribution < 1.29 is 18.0 Å². The van der Waals surface area contributed by atoms with Gasteiger partial charge in [-0.3, -0.25) is 9.78 Å². The Labute approximate surface area is 159 Å². The van der Waals surface area contributed by atoms with E-state index in [1.165, 1.54) is 17.0 Å². The van der Waals surface area contributed by atoms with Crippen LogP contribution in [0, 0.1) is 0 Å². The van der Waals surface area contributed by atoms with Gasteiger partial charge in [0.25, 0.3) is 0 Å². The SMILES string of the molecule is O=C1C[C@H](Nc2cnc3ccccc3n2)CN1Cc1ccccc1C(F)(F)F. The van der Waals surface area contributed by atoms with Crippen molar-refractivity contribution in [3.05, 3.63) is 65.9 Å². The number of halogens is 3. The second-order valence-corrected chi connectivity index (χ2v) is 6.72. The monoisotopic (exact) mass is 386 g/mol. The number of para-hydroxylation sites is 2. The number of carbonyl (C=O) groups is 1. The summed E-state index contributed by atoms with van der Waals surface area (Å²) < 4.78 is 39.5. The molecule has 0 saturated carbocycles. The van der Waals surface area contributed by atoms with Crippen molar-refractivity contribution in [2.45, 2.75) is 25.2 Å². The molecule has 0 unspecified atom stereocenters. The lowest BCUT2D eigenvalue weighted by molar-refractivity contribution is -0.139. The van der Waals surface area contributed by atoms with E-state index in [2.05, 4.69) is 15.3 Å². The van der Waals surface area contributed by atoms with Gasteiger partial charge in [0.15, 0.2) is 0 Å². The third-order valence-corrected chi connectivity index (χ3v) is 4.70. The molecule has 5 nitrogen and oxygen atoms in total. The van der Waals surface area contributed by atoms with Gasteiger partial charge in [-0.2, -0.15) is 13.2 Å². The maximum atomic E-state index is 13.2. The highest BCUT2D eigenvalue weighted by atomic mass is 19.4. The molecule has 0 spiro atoms. The number of alkyl halides is 3. The molecule has 1 aromatic heterocycles. The molecule has 1 N–H and O–H groups in total. The van der Waals surface area contributed by atoms with Gasteiger partial charge < -0.3 is 10.2 Å². The summed E-state index contributed by atoms with van der Waals surface area (Å²) in [6.07, 6.45) is -2.66. The summed E-state index contributed by atoms with van der Waals surface area (Å²) in [5, 5.41) is 3.17. The Balaban J connectivity index is 1.47. The molecule has 1 amide bonds. The molecular weight excluding hydrogens is 369 g/mol. The summed E-state index contributed by atoms with van der Waals surface area (Å²) in [6.45, 7) is 0.232. The van der Waals surface area contributed by atoms with Crippen molar-refractivity contribution in [2.75, 3.05) is 11.9 Å². The number of fused-ring (bicyclic) bond motifs is 1. The van der Waals surface area contributed by atoms with E-state index in [9.17, 15) is 18.0 Å². The Morgan fingerprint density at radius 1 is 1.07 bits per heavy atom. The Morgan fingerprint density at radius 3 is 2.57 bits per heavy atom. The second kappa shape index (κ2) is 7.10. The van der Waals surface area contributed by atoms with E-state index >= 15 is 0 Å². The minimum Gasteiger partial charge on any atom is -0.364 e. The van der Waals surface area contributed by atoms with Crippen LogP contribution in [0.1, 0.15) is 17.5 Å². The third kappa shape index (κ3) is 3.76. The summed E-state index contributed by atoms with van der Waals surface area (Å²) in [6, 6.07) is 12.5. The van der Waals surface area contributed by atoms with Gasteiger partial charge in [0, 0.05) is 19.5 Å². The number of benzene rings is 2. The lowest BCUT2D eigenvalue weighted by Gasteiger charge is -2.20. The number of likely N-dealkylation sites (tertiary alicyclic amines) is 1. The Hall–Kier alpha value is -3.16. The molecule has 2 heterocycles. The molecule has 28 heavy (non-hydrogen) atoms. The first-order valence-corrected chi connectivity index (χ1v) is 8.81. The minimum atomic E-state index is -4.45. The van der Waals surface area contributed by atoms with Crippen LogP contribution in [0.3, 0.4) is 0 Å². The number of rotatable bonds is 4. The minimum absolute atomic E-state index is 0.0733. The van der Waals surface area contributed by atoms with E-state index < -0.39 is 11.7 Å². The van der Waals surface area contributed by atoms with Gasteiger partial charge in [-0.15, -0.1) is 0 Å². The summed E-state index contributed by atoms with van der Waals surface area (Å²) in [4.78, 5) is 22.5. The summed E-state index contributed by atoms with van der Waals surface area (Å²) in [5.41, 5.74) is 0.878. The average Bonchev–Trinajstić information content (AvgIpc) is 3.00. The fourth-order valence-electron chi connectivity index (χ4n) is 3.40. The second-order valence-electron chi connectivity index (χ2n) is 6.72. The molecule has 1 fully saturated rings. The van der Waals surface area contributed by atoms with Crippen molar-refractivity contribution in [3.63, 3.8) is 0 Å². The maximum Gasteiger partial charge on any atom is 0.416 e. The van der Waals surface area contributed by atoms with E-state index in [4.69, 9.17) is 0 Å². The van der Waals surface area contributed by atoms with Crippen LogP contribution >= 0.6 is 0 Å². The molecule has 1 aliphatic rings. The molecule has 8 heteroatoms. The van der Waals surface area contributed by atoms with Crippen LogP contribution in [0.25, 0.3) is 11.0 Å². The number of anilines is 1. The predicted molar refractivity (Wildman–Crippen MR) is 98.4 cm³/mol. The van der Waals surface area contributed by atoms with Crippen LogP contribution in [0.5, 0.6) is 0 Å². The van der Waals surface area contributed by atoms with Crippen LogP contribution < -0.4 is 5.32 Å². The van der Waals surface area contributed by atoms with E-state index in [-0.39, 0.29) is 30.5 Å². The lowest BCUT2D eigenvalue weighted by atomic mass is 10.1. The third-order valence-electron chi connectivity index (χ3n) is 4.70. The predicted octanol–water partition coefficient (Wildman–Crippen LogP) is 3.86. The molecular formula is C20H17F3N4O. The van der Waals surface area contributed by atoms with Crippen molar-refractivity contribution in [2.24, 2.45) is 0 Å². The number of hydrogen-bond donors (Lipinski definition) is 1. The molecule has 1 aliphatic heterocycles. The van der Waals surface area contributed by atoms with E-state index in [0.29, 0.717) is 12.4 Å². The summed E-state index contributed by atoms with van der Waals surface area (Å²) >= 11 is 0. The number of amides is 1. The molecule has 0 radical (unpaired) electrons. The molecule has 3 aromatic rings. The normalized spacial score (nSPS) is 17.3. The molecule has 0 bridgehead atoms. The van der Waals surface area contributed by atoms with Crippen molar-refractivity contribution >= 4 is 22.8 Å². The number of carbonyl (C=O) groups excluding carboxylic acids is 1. The summed E-state index contributed by atoms with van der Waals surface area (Å²) in [7, 11) is 0. The average molecular weight is 386 g/mol. The first kappa shape index (κ1) is 18.2. The fraction of sp³-hybridized carbons (Fsp3) is 0.250. The zero-order valence-electron chi connectivity index (χ0n) is 14.8. The first-order chi connectivity index (χ1) is 13.4. The van der Waals surface area contributed by atoms with Gasteiger partial charge in [0.05, 0.1) is 28.8 Å². The zero-order valence-corrected chi connectivity index (χ0v) is 14.8. The maximum absolute atomic E-state index is 13.2. The van der Waals surface area contributed by atoms with Gasteiger partial charge in [-0.1, -0.05) is 30.3 Å². The van der Waals surface area contributed by atoms with Crippen LogP contribution in [0.4, 0.5) is 19.0 Å². The number of nitrogens with one attached hydrogen (secondary N) is 1. The van der Waals surface area contributed by atoms with Crippen molar-refractivity contribution in [1.29, 1.82) is 0 Å². The molecule has 1 atom stereocenters. The topological polar surface area (TPSA) is 58.1 Å².